The second-order valence-electron chi connectivity index (χ2n) is 5.20. The van der Waals surface area contributed by atoms with Crippen molar-refractivity contribution in [1.29, 1.82) is 0 Å². The minimum atomic E-state index is -0.533. The van der Waals surface area contributed by atoms with E-state index in [0.29, 0.717) is 16.5 Å². The summed E-state index contributed by atoms with van der Waals surface area (Å²) in [5, 5.41) is 11.2. The molecule has 1 N–H and O–H groups in total. The minimum Gasteiger partial charge on any atom is -0.388 e. The van der Waals surface area contributed by atoms with Crippen molar-refractivity contribution in [2.24, 2.45) is 0 Å². The Labute approximate surface area is 125 Å². The summed E-state index contributed by atoms with van der Waals surface area (Å²) in [5.74, 6) is 0. The molecule has 0 amide bonds. The van der Waals surface area contributed by atoms with E-state index in [0.717, 1.165) is 25.2 Å². The predicted molar refractivity (Wildman–Crippen MR) is 80.9 cm³/mol. The van der Waals surface area contributed by atoms with Crippen LogP contribution in [0.15, 0.2) is 18.2 Å². The van der Waals surface area contributed by atoms with Crippen LogP contribution < -0.4 is 0 Å². The number of nitrogens with zero attached hydrogens (tertiary/aromatic N) is 1. The van der Waals surface area contributed by atoms with E-state index in [1.54, 1.807) is 6.07 Å². The quantitative estimate of drug-likeness (QED) is 0.896. The average Bonchev–Trinajstić information content (AvgIpc) is 2.68. The summed E-state index contributed by atoms with van der Waals surface area (Å²) < 4.78 is 0. The van der Waals surface area contributed by atoms with Gasteiger partial charge >= 0.3 is 0 Å². The van der Waals surface area contributed by atoms with Crippen molar-refractivity contribution in [3.05, 3.63) is 33.8 Å². The number of hydrogen-bond acceptors (Lipinski definition) is 2. The molecule has 1 atom stereocenters. The van der Waals surface area contributed by atoms with Crippen LogP contribution in [0, 0.1) is 0 Å². The lowest BCUT2D eigenvalue weighted by molar-refractivity contribution is 0.143. The molecule has 0 aromatic heterocycles. The molecular weight excluding hydrogens is 281 g/mol. The van der Waals surface area contributed by atoms with Gasteiger partial charge < -0.3 is 10.0 Å². The van der Waals surface area contributed by atoms with Gasteiger partial charge in [-0.3, -0.25) is 0 Å². The van der Waals surface area contributed by atoms with Crippen molar-refractivity contribution in [2.75, 3.05) is 19.6 Å². The molecule has 2 rings (SSSR count). The molecule has 0 radical (unpaired) electrons. The van der Waals surface area contributed by atoms with Gasteiger partial charge in [-0.25, -0.2) is 0 Å². The van der Waals surface area contributed by atoms with Gasteiger partial charge in [0.15, 0.2) is 0 Å². The van der Waals surface area contributed by atoms with Crippen molar-refractivity contribution in [3.8, 4) is 0 Å². The molecule has 1 saturated heterocycles. The number of halogens is 2. The maximum absolute atomic E-state index is 10.3. The largest absolute Gasteiger partial charge is 0.388 e. The Bertz CT molecular complexity index is 403. The first-order valence-electron chi connectivity index (χ1n) is 7.03. The van der Waals surface area contributed by atoms with E-state index in [2.05, 4.69) is 4.90 Å². The Balaban J connectivity index is 1.89. The number of hydrogen-bond donors (Lipinski definition) is 1. The Morgan fingerprint density at radius 3 is 2.47 bits per heavy atom. The third-order valence-corrected chi connectivity index (χ3v) is 4.59. The van der Waals surface area contributed by atoms with E-state index in [1.165, 1.54) is 25.7 Å². The highest BCUT2D eigenvalue weighted by Crippen LogP contribution is 2.31. The highest BCUT2D eigenvalue weighted by molar-refractivity contribution is 6.42. The third kappa shape index (κ3) is 4.35. The maximum atomic E-state index is 10.3. The molecule has 19 heavy (non-hydrogen) atoms. The number of likely N-dealkylation sites (tertiary alicyclic amines) is 1. The molecule has 4 heteroatoms. The van der Waals surface area contributed by atoms with Gasteiger partial charge in [0, 0.05) is 12.1 Å². The first-order chi connectivity index (χ1) is 9.18. The van der Waals surface area contributed by atoms with Crippen LogP contribution in [0.2, 0.25) is 10.0 Å². The SMILES string of the molecule is OC(CCN1CCCCCC1)c1cccc(Cl)c1Cl. The van der Waals surface area contributed by atoms with Gasteiger partial charge in [0.2, 0.25) is 0 Å². The van der Waals surface area contributed by atoms with Crippen LogP contribution in [-0.4, -0.2) is 29.6 Å². The summed E-state index contributed by atoms with van der Waals surface area (Å²) in [6, 6.07) is 5.43. The number of aliphatic hydroxyl groups is 1. The molecule has 1 aromatic rings. The fraction of sp³-hybridized carbons (Fsp3) is 0.600. The molecule has 0 saturated carbocycles. The van der Waals surface area contributed by atoms with Gasteiger partial charge in [-0.15, -0.1) is 0 Å². The van der Waals surface area contributed by atoms with E-state index < -0.39 is 6.10 Å². The first-order valence-corrected chi connectivity index (χ1v) is 7.78. The van der Waals surface area contributed by atoms with Crippen LogP contribution >= 0.6 is 23.2 Å². The molecular formula is C15H21Cl2NO. The van der Waals surface area contributed by atoms with Gasteiger partial charge in [0.1, 0.15) is 0 Å². The van der Waals surface area contributed by atoms with Crippen molar-refractivity contribution in [1.82, 2.24) is 4.90 Å². The van der Waals surface area contributed by atoms with Crippen molar-refractivity contribution >= 4 is 23.2 Å². The van der Waals surface area contributed by atoms with Gasteiger partial charge in [0.25, 0.3) is 0 Å². The molecule has 0 spiro atoms. The van der Waals surface area contributed by atoms with E-state index in [9.17, 15) is 5.11 Å². The Hall–Kier alpha value is -0.280. The summed E-state index contributed by atoms with van der Waals surface area (Å²) in [6.45, 7) is 3.22. The standard InChI is InChI=1S/C15H21Cl2NO/c16-13-7-5-6-12(15(13)17)14(19)8-11-18-9-3-1-2-4-10-18/h5-7,14,19H,1-4,8-11H2. The summed E-state index contributed by atoms with van der Waals surface area (Å²) in [5.41, 5.74) is 0.740. The number of rotatable bonds is 4. The Morgan fingerprint density at radius 2 is 1.79 bits per heavy atom. The fourth-order valence-electron chi connectivity index (χ4n) is 2.60. The molecule has 106 valence electrons. The summed E-state index contributed by atoms with van der Waals surface area (Å²) in [4.78, 5) is 2.44. The van der Waals surface area contributed by atoms with Crippen molar-refractivity contribution in [2.45, 2.75) is 38.2 Å². The summed E-state index contributed by atoms with van der Waals surface area (Å²) in [7, 11) is 0. The van der Waals surface area contributed by atoms with Gasteiger partial charge in [-0.2, -0.15) is 0 Å². The van der Waals surface area contributed by atoms with Crippen molar-refractivity contribution < 1.29 is 5.11 Å². The topological polar surface area (TPSA) is 23.5 Å². The Kier molecular flexibility index (Phi) is 5.96. The first kappa shape index (κ1) is 15.1. The number of benzene rings is 1. The molecule has 0 aliphatic carbocycles. The van der Waals surface area contributed by atoms with Gasteiger partial charge in [-0.05, 0) is 38.4 Å². The van der Waals surface area contributed by atoms with Gasteiger partial charge in [-0.1, -0.05) is 48.2 Å². The van der Waals surface area contributed by atoms with Crippen LogP contribution in [0.25, 0.3) is 0 Å². The van der Waals surface area contributed by atoms with Crippen LogP contribution in [-0.2, 0) is 0 Å². The smallest absolute Gasteiger partial charge is 0.0817 e. The molecule has 1 aliphatic heterocycles. The van der Waals surface area contributed by atoms with Crippen LogP contribution in [0.3, 0.4) is 0 Å². The van der Waals surface area contributed by atoms with E-state index in [-0.39, 0.29) is 0 Å². The molecule has 1 aromatic carbocycles. The molecule has 2 nitrogen and oxygen atoms in total. The van der Waals surface area contributed by atoms with Crippen molar-refractivity contribution in [3.63, 3.8) is 0 Å². The lowest BCUT2D eigenvalue weighted by atomic mass is 10.1. The molecule has 1 heterocycles. The monoisotopic (exact) mass is 301 g/mol. The zero-order valence-electron chi connectivity index (χ0n) is 11.1. The summed E-state index contributed by atoms with van der Waals surface area (Å²) >= 11 is 12.1. The predicted octanol–water partition coefficient (Wildman–Crippen LogP) is 4.29. The zero-order valence-corrected chi connectivity index (χ0v) is 12.6. The van der Waals surface area contributed by atoms with Crippen LogP contribution in [0.4, 0.5) is 0 Å². The zero-order chi connectivity index (χ0) is 13.7. The minimum absolute atomic E-state index is 0.479. The molecule has 1 unspecified atom stereocenters. The number of aliphatic hydroxyl groups excluding tert-OH is 1. The summed E-state index contributed by atoms with van der Waals surface area (Å²) in [6.07, 6.45) is 5.38. The molecule has 1 fully saturated rings. The molecule has 0 bridgehead atoms. The third-order valence-electron chi connectivity index (χ3n) is 3.76. The highest BCUT2D eigenvalue weighted by atomic mass is 35.5. The lowest BCUT2D eigenvalue weighted by Gasteiger charge is -2.22. The highest BCUT2D eigenvalue weighted by Gasteiger charge is 2.16. The van der Waals surface area contributed by atoms with Gasteiger partial charge in [0.05, 0.1) is 16.1 Å². The normalized spacial score (nSPS) is 19.1. The second-order valence-corrected chi connectivity index (χ2v) is 5.99. The van der Waals surface area contributed by atoms with Crippen LogP contribution in [0.5, 0.6) is 0 Å². The van der Waals surface area contributed by atoms with Crippen LogP contribution in [0.1, 0.15) is 43.8 Å². The van der Waals surface area contributed by atoms with E-state index >= 15 is 0 Å². The fourth-order valence-corrected chi connectivity index (χ4v) is 3.03. The molecule has 1 aliphatic rings. The Morgan fingerprint density at radius 1 is 1.11 bits per heavy atom. The lowest BCUT2D eigenvalue weighted by Crippen LogP contribution is -2.26. The maximum Gasteiger partial charge on any atom is 0.0817 e. The average molecular weight is 302 g/mol. The second kappa shape index (κ2) is 7.49. The van der Waals surface area contributed by atoms with E-state index in [1.807, 2.05) is 12.1 Å². The van der Waals surface area contributed by atoms with E-state index in [4.69, 9.17) is 23.2 Å².